The summed E-state index contributed by atoms with van der Waals surface area (Å²) in [5.74, 6) is 1.63. The van der Waals surface area contributed by atoms with Crippen LogP contribution >= 0.6 is 23.2 Å². The van der Waals surface area contributed by atoms with Crippen molar-refractivity contribution in [2.75, 3.05) is 26.2 Å². The van der Waals surface area contributed by atoms with Crippen molar-refractivity contribution >= 4 is 39.1 Å². The van der Waals surface area contributed by atoms with Gasteiger partial charge < -0.3 is 4.90 Å². The van der Waals surface area contributed by atoms with Crippen LogP contribution in [0, 0.1) is 17.8 Å². The van der Waals surface area contributed by atoms with E-state index in [1.54, 1.807) is 12.1 Å². The molecule has 1 aromatic rings. The fourth-order valence-electron chi connectivity index (χ4n) is 4.75. The predicted molar refractivity (Wildman–Crippen MR) is 101 cm³/mol. The Kier molecular flexibility index (Phi) is 4.97. The summed E-state index contributed by atoms with van der Waals surface area (Å²) in [7, 11) is -3.71. The molecule has 0 radical (unpaired) electrons. The van der Waals surface area contributed by atoms with Crippen LogP contribution in [0.4, 0.5) is 0 Å². The van der Waals surface area contributed by atoms with Gasteiger partial charge in [-0.25, -0.2) is 8.42 Å². The molecule has 5 nitrogen and oxygen atoms in total. The highest BCUT2D eigenvalue weighted by atomic mass is 35.5. The van der Waals surface area contributed by atoms with Gasteiger partial charge >= 0.3 is 0 Å². The van der Waals surface area contributed by atoms with Crippen LogP contribution in [-0.2, 0) is 14.8 Å². The predicted octanol–water partition coefficient (Wildman–Crippen LogP) is 3.26. The average Bonchev–Trinajstić information content (AvgIpc) is 3.27. The quantitative estimate of drug-likeness (QED) is 0.759. The number of hydrogen-bond acceptors (Lipinski definition) is 3. The number of piperazine rings is 1. The van der Waals surface area contributed by atoms with E-state index < -0.39 is 10.0 Å². The zero-order valence-corrected chi connectivity index (χ0v) is 16.7. The second-order valence-electron chi connectivity index (χ2n) is 7.56. The first-order valence-corrected chi connectivity index (χ1v) is 11.3. The van der Waals surface area contributed by atoms with Crippen molar-refractivity contribution in [3.63, 3.8) is 0 Å². The second kappa shape index (κ2) is 6.97. The van der Waals surface area contributed by atoms with Crippen LogP contribution in [-0.4, -0.2) is 49.7 Å². The molecule has 2 aliphatic carbocycles. The van der Waals surface area contributed by atoms with Gasteiger partial charge in [-0.1, -0.05) is 35.7 Å². The Morgan fingerprint density at radius 2 is 1.77 bits per heavy atom. The maximum atomic E-state index is 12.9. The summed E-state index contributed by atoms with van der Waals surface area (Å²) in [5.41, 5.74) is 0. The van der Waals surface area contributed by atoms with Crippen molar-refractivity contribution in [3.05, 3.63) is 28.2 Å². The van der Waals surface area contributed by atoms with Crippen LogP contribution in [0.2, 0.25) is 10.0 Å². The Morgan fingerprint density at radius 1 is 1.04 bits per heavy atom. The second-order valence-corrected chi connectivity index (χ2v) is 10.3. The zero-order chi connectivity index (χ0) is 18.5. The molecule has 3 unspecified atom stereocenters. The SMILES string of the molecule is O=C(C1CC2CCC1C2)N1CCN(S(=O)(=O)c2cccc(Cl)c2Cl)CC1. The fourth-order valence-corrected chi connectivity index (χ4v) is 6.91. The van der Waals surface area contributed by atoms with E-state index in [1.807, 2.05) is 4.90 Å². The largest absolute Gasteiger partial charge is 0.340 e. The topological polar surface area (TPSA) is 57.7 Å². The van der Waals surface area contributed by atoms with Gasteiger partial charge in [-0.15, -0.1) is 0 Å². The molecule has 1 amide bonds. The molecule has 0 spiro atoms. The molecule has 26 heavy (non-hydrogen) atoms. The number of benzene rings is 1. The minimum atomic E-state index is -3.71. The van der Waals surface area contributed by atoms with Gasteiger partial charge in [-0.2, -0.15) is 4.31 Å². The standard InChI is InChI=1S/C18H22Cl2N2O3S/c19-15-2-1-3-16(17(15)20)26(24,25)22-8-6-21(7-9-22)18(23)14-11-12-4-5-13(14)10-12/h1-3,12-14H,4-11H2. The van der Waals surface area contributed by atoms with Gasteiger partial charge in [0.1, 0.15) is 4.90 Å². The third-order valence-electron chi connectivity index (χ3n) is 6.14. The number of rotatable bonds is 3. The van der Waals surface area contributed by atoms with Crippen LogP contribution in [0.5, 0.6) is 0 Å². The lowest BCUT2D eigenvalue weighted by Gasteiger charge is -2.36. The van der Waals surface area contributed by atoms with E-state index in [4.69, 9.17) is 23.2 Å². The minimum absolute atomic E-state index is 0.0274. The van der Waals surface area contributed by atoms with Crippen LogP contribution < -0.4 is 0 Å². The van der Waals surface area contributed by atoms with Gasteiger partial charge in [0.25, 0.3) is 0 Å². The first kappa shape index (κ1) is 18.5. The molecule has 1 aromatic carbocycles. The molecule has 2 saturated carbocycles. The van der Waals surface area contributed by atoms with Crippen molar-refractivity contribution < 1.29 is 13.2 Å². The van der Waals surface area contributed by atoms with E-state index in [-0.39, 0.29) is 39.9 Å². The summed E-state index contributed by atoms with van der Waals surface area (Å²) >= 11 is 12.1. The first-order chi connectivity index (χ1) is 12.4. The van der Waals surface area contributed by atoms with E-state index in [0.29, 0.717) is 19.0 Å². The Labute approximate surface area is 164 Å². The molecule has 0 aromatic heterocycles. The van der Waals surface area contributed by atoms with E-state index in [0.717, 1.165) is 12.3 Å². The fraction of sp³-hybridized carbons (Fsp3) is 0.611. The summed E-state index contributed by atoms with van der Waals surface area (Å²) in [6, 6.07) is 4.61. The highest BCUT2D eigenvalue weighted by Gasteiger charge is 2.45. The van der Waals surface area contributed by atoms with E-state index >= 15 is 0 Å². The number of amides is 1. The van der Waals surface area contributed by atoms with Crippen molar-refractivity contribution in [1.82, 2.24) is 9.21 Å². The number of sulfonamides is 1. The summed E-state index contributed by atoms with van der Waals surface area (Å²) in [6.45, 7) is 1.45. The number of nitrogens with zero attached hydrogens (tertiary/aromatic N) is 2. The van der Waals surface area contributed by atoms with Crippen molar-refractivity contribution in [1.29, 1.82) is 0 Å². The molecule has 8 heteroatoms. The molecular formula is C18H22Cl2N2O3S. The van der Waals surface area contributed by atoms with Gasteiger partial charge in [-0.3, -0.25) is 4.79 Å². The molecule has 1 aliphatic heterocycles. The van der Waals surface area contributed by atoms with Crippen LogP contribution in [0.15, 0.2) is 23.1 Å². The Hall–Kier alpha value is -0.820. The summed E-state index contributed by atoms with van der Waals surface area (Å²) in [5, 5.41) is 0.271. The molecule has 1 heterocycles. The van der Waals surface area contributed by atoms with Crippen molar-refractivity contribution in [3.8, 4) is 0 Å². The summed E-state index contributed by atoms with van der Waals surface area (Å²) < 4.78 is 27.2. The Balaban J connectivity index is 1.43. The zero-order valence-electron chi connectivity index (χ0n) is 14.4. The Morgan fingerprint density at radius 3 is 2.38 bits per heavy atom. The normalized spacial score (nSPS) is 29.3. The highest BCUT2D eigenvalue weighted by Crippen LogP contribution is 2.49. The third kappa shape index (κ3) is 3.15. The van der Waals surface area contributed by atoms with Gasteiger partial charge in [0, 0.05) is 32.1 Å². The monoisotopic (exact) mass is 416 g/mol. The lowest BCUT2D eigenvalue weighted by molar-refractivity contribution is -0.138. The lowest BCUT2D eigenvalue weighted by Crippen LogP contribution is -2.52. The molecule has 2 bridgehead atoms. The number of halogens is 2. The number of carbonyl (C=O) groups is 1. The first-order valence-electron chi connectivity index (χ1n) is 9.11. The molecule has 142 valence electrons. The van der Waals surface area contributed by atoms with Crippen LogP contribution in [0.1, 0.15) is 25.7 Å². The number of fused-ring (bicyclic) bond motifs is 2. The van der Waals surface area contributed by atoms with Crippen LogP contribution in [0.25, 0.3) is 0 Å². The average molecular weight is 417 g/mol. The number of carbonyl (C=O) groups excluding carboxylic acids is 1. The lowest BCUT2D eigenvalue weighted by atomic mass is 9.87. The van der Waals surface area contributed by atoms with Gasteiger partial charge in [0.15, 0.2) is 0 Å². The molecular weight excluding hydrogens is 395 g/mol. The highest BCUT2D eigenvalue weighted by molar-refractivity contribution is 7.89. The van der Waals surface area contributed by atoms with E-state index in [2.05, 4.69) is 0 Å². The molecule has 3 atom stereocenters. The summed E-state index contributed by atoms with van der Waals surface area (Å²) in [6.07, 6.45) is 4.64. The summed E-state index contributed by atoms with van der Waals surface area (Å²) in [4.78, 5) is 14.7. The van der Waals surface area contributed by atoms with Crippen molar-refractivity contribution in [2.24, 2.45) is 17.8 Å². The van der Waals surface area contributed by atoms with Gasteiger partial charge in [0.05, 0.1) is 10.0 Å². The molecule has 1 saturated heterocycles. The maximum Gasteiger partial charge on any atom is 0.244 e. The smallest absolute Gasteiger partial charge is 0.244 e. The minimum Gasteiger partial charge on any atom is -0.340 e. The molecule has 0 N–H and O–H groups in total. The molecule has 3 fully saturated rings. The maximum absolute atomic E-state index is 12.9. The van der Waals surface area contributed by atoms with Gasteiger partial charge in [0.2, 0.25) is 15.9 Å². The van der Waals surface area contributed by atoms with E-state index in [1.165, 1.54) is 29.6 Å². The van der Waals surface area contributed by atoms with Crippen molar-refractivity contribution in [2.45, 2.75) is 30.6 Å². The van der Waals surface area contributed by atoms with Crippen LogP contribution in [0.3, 0.4) is 0 Å². The molecule has 4 rings (SSSR count). The Bertz CT molecular complexity index is 822. The van der Waals surface area contributed by atoms with E-state index in [9.17, 15) is 13.2 Å². The molecule has 3 aliphatic rings. The van der Waals surface area contributed by atoms with Gasteiger partial charge in [-0.05, 0) is 43.2 Å². The third-order valence-corrected chi connectivity index (χ3v) is 9.01. The number of hydrogen-bond donors (Lipinski definition) is 0.